The molecule has 0 radical (unpaired) electrons. The normalized spacial score (nSPS) is 10.7. The summed E-state index contributed by atoms with van der Waals surface area (Å²) in [5.74, 6) is 0.439. The topological polar surface area (TPSA) is 64.3 Å². The molecular weight excluding hydrogens is 264 g/mol. The molecule has 118 valence electrons. The van der Waals surface area contributed by atoms with Gasteiger partial charge in [-0.3, -0.25) is 0 Å². The van der Waals surface area contributed by atoms with Crippen molar-refractivity contribution in [2.24, 2.45) is 5.92 Å². The number of benzene rings is 1. The monoisotopic (exact) mass is 292 g/mol. The Kier molecular flexibility index (Phi) is 7.65. The van der Waals surface area contributed by atoms with E-state index in [0.717, 1.165) is 24.6 Å². The molecule has 0 aliphatic rings. The van der Waals surface area contributed by atoms with Crippen LogP contribution < -0.4 is 11.1 Å². The lowest BCUT2D eigenvalue weighted by Gasteiger charge is -2.10. The van der Waals surface area contributed by atoms with Crippen molar-refractivity contribution in [1.29, 1.82) is 0 Å². The molecule has 0 atom stereocenters. The number of esters is 1. The summed E-state index contributed by atoms with van der Waals surface area (Å²) in [7, 11) is 1.37. The third-order valence-corrected chi connectivity index (χ3v) is 3.50. The molecule has 0 amide bonds. The standard InChI is InChI=1S/C17H28N2O2/c1-13(2)8-6-4-5-7-11-19-16-10-9-14(12-15(16)18)17(20)21-3/h9-10,12-13,19H,4-8,11,18H2,1-3H3. The largest absolute Gasteiger partial charge is 0.465 e. The molecule has 0 fully saturated rings. The summed E-state index contributed by atoms with van der Waals surface area (Å²) in [5.41, 5.74) is 7.88. The first-order valence-electron chi connectivity index (χ1n) is 7.76. The van der Waals surface area contributed by atoms with E-state index in [9.17, 15) is 4.79 Å². The van der Waals surface area contributed by atoms with E-state index in [0.29, 0.717) is 11.3 Å². The highest BCUT2D eigenvalue weighted by atomic mass is 16.5. The Hall–Kier alpha value is -1.71. The Labute approximate surface area is 128 Å². The van der Waals surface area contributed by atoms with Crippen molar-refractivity contribution in [3.05, 3.63) is 23.8 Å². The summed E-state index contributed by atoms with van der Waals surface area (Å²) < 4.78 is 4.67. The Morgan fingerprint density at radius 1 is 1.24 bits per heavy atom. The lowest BCUT2D eigenvalue weighted by molar-refractivity contribution is 0.0601. The number of nitrogens with one attached hydrogen (secondary N) is 1. The first kappa shape index (κ1) is 17.3. The summed E-state index contributed by atoms with van der Waals surface area (Å²) >= 11 is 0. The van der Waals surface area contributed by atoms with Gasteiger partial charge in [-0.1, -0.05) is 39.5 Å². The second-order valence-corrected chi connectivity index (χ2v) is 5.82. The van der Waals surface area contributed by atoms with Gasteiger partial charge in [0, 0.05) is 6.54 Å². The number of hydrogen-bond acceptors (Lipinski definition) is 4. The minimum atomic E-state index is -0.363. The quantitative estimate of drug-likeness (QED) is 0.409. The van der Waals surface area contributed by atoms with Crippen molar-refractivity contribution in [2.75, 3.05) is 24.7 Å². The molecule has 3 N–H and O–H groups in total. The average Bonchev–Trinajstić information content (AvgIpc) is 2.46. The zero-order chi connectivity index (χ0) is 15.7. The number of ether oxygens (including phenoxy) is 1. The fourth-order valence-electron chi connectivity index (χ4n) is 2.22. The molecule has 0 aliphatic heterocycles. The van der Waals surface area contributed by atoms with Crippen LogP contribution in [0.5, 0.6) is 0 Å². The summed E-state index contributed by atoms with van der Waals surface area (Å²) in [4.78, 5) is 11.4. The van der Waals surface area contributed by atoms with Gasteiger partial charge in [0.2, 0.25) is 0 Å². The van der Waals surface area contributed by atoms with Gasteiger partial charge in [-0.15, -0.1) is 0 Å². The molecule has 21 heavy (non-hydrogen) atoms. The molecule has 4 heteroatoms. The van der Waals surface area contributed by atoms with Crippen LogP contribution in [0.2, 0.25) is 0 Å². The van der Waals surface area contributed by atoms with E-state index in [2.05, 4.69) is 23.9 Å². The van der Waals surface area contributed by atoms with Crippen LogP contribution in [0.25, 0.3) is 0 Å². The fourth-order valence-corrected chi connectivity index (χ4v) is 2.22. The highest BCUT2D eigenvalue weighted by Crippen LogP contribution is 2.20. The highest BCUT2D eigenvalue weighted by Gasteiger charge is 2.07. The SMILES string of the molecule is COC(=O)c1ccc(NCCCCCCC(C)C)c(N)c1. The van der Waals surface area contributed by atoms with Crippen LogP contribution in [0.4, 0.5) is 11.4 Å². The number of hydrogen-bond donors (Lipinski definition) is 2. The minimum absolute atomic E-state index is 0.363. The summed E-state index contributed by atoms with van der Waals surface area (Å²) in [6.07, 6.45) is 6.29. The van der Waals surface area contributed by atoms with E-state index < -0.39 is 0 Å². The van der Waals surface area contributed by atoms with Crippen LogP contribution in [0.1, 0.15) is 56.3 Å². The van der Waals surface area contributed by atoms with Crippen molar-refractivity contribution < 1.29 is 9.53 Å². The van der Waals surface area contributed by atoms with Gasteiger partial charge in [0.25, 0.3) is 0 Å². The molecule has 4 nitrogen and oxygen atoms in total. The predicted octanol–water partition coefficient (Wildman–Crippen LogP) is 4.07. The molecular formula is C17H28N2O2. The van der Waals surface area contributed by atoms with E-state index in [-0.39, 0.29) is 5.97 Å². The molecule has 0 bridgehead atoms. The number of rotatable bonds is 9. The molecule has 0 unspecified atom stereocenters. The van der Waals surface area contributed by atoms with Crippen LogP contribution in [0, 0.1) is 5.92 Å². The van der Waals surface area contributed by atoms with Crippen molar-refractivity contribution in [1.82, 2.24) is 0 Å². The summed E-state index contributed by atoms with van der Waals surface area (Å²) in [6, 6.07) is 5.21. The van der Waals surface area contributed by atoms with Crippen LogP contribution in [-0.2, 0) is 4.74 Å². The maximum atomic E-state index is 11.4. The number of anilines is 2. The van der Waals surface area contributed by atoms with Gasteiger partial charge in [0.15, 0.2) is 0 Å². The third kappa shape index (κ3) is 6.52. The van der Waals surface area contributed by atoms with Crippen molar-refractivity contribution in [3.8, 4) is 0 Å². The molecule has 0 spiro atoms. The molecule has 0 aliphatic carbocycles. The van der Waals surface area contributed by atoms with E-state index >= 15 is 0 Å². The molecule has 0 aromatic heterocycles. The third-order valence-electron chi connectivity index (χ3n) is 3.50. The summed E-state index contributed by atoms with van der Waals surface area (Å²) in [5, 5.41) is 3.32. The highest BCUT2D eigenvalue weighted by molar-refractivity contribution is 5.91. The van der Waals surface area contributed by atoms with Crippen LogP contribution in [-0.4, -0.2) is 19.6 Å². The van der Waals surface area contributed by atoms with E-state index in [1.54, 1.807) is 12.1 Å². The first-order chi connectivity index (χ1) is 10.0. The van der Waals surface area contributed by atoms with Crippen molar-refractivity contribution >= 4 is 17.3 Å². The van der Waals surface area contributed by atoms with E-state index in [1.165, 1.54) is 32.8 Å². The number of unbranched alkanes of at least 4 members (excludes halogenated alkanes) is 3. The number of nitrogen functional groups attached to an aromatic ring is 1. The van der Waals surface area contributed by atoms with Gasteiger partial charge >= 0.3 is 5.97 Å². The number of nitrogens with two attached hydrogens (primary N) is 1. The molecule has 0 saturated heterocycles. The number of carbonyl (C=O) groups excluding carboxylic acids is 1. The van der Waals surface area contributed by atoms with Gasteiger partial charge in [-0.25, -0.2) is 4.79 Å². The van der Waals surface area contributed by atoms with Crippen molar-refractivity contribution in [3.63, 3.8) is 0 Å². The molecule has 1 rings (SSSR count). The zero-order valence-electron chi connectivity index (χ0n) is 13.4. The molecule has 1 aromatic rings. The zero-order valence-corrected chi connectivity index (χ0v) is 13.4. The maximum Gasteiger partial charge on any atom is 0.337 e. The maximum absolute atomic E-state index is 11.4. The van der Waals surface area contributed by atoms with Gasteiger partial charge in [0.05, 0.1) is 24.0 Å². The molecule has 1 aromatic carbocycles. The second kappa shape index (κ2) is 9.27. The van der Waals surface area contributed by atoms with Gasteiger partial charge in [0.1, 0.15) is 0 Å². The Morgan fingerprint density at radius 3 is 2.57 bits per heavy atom. The van der Waals surface area contributed by atoms with E-state index in [1.807, 2.05) is 6.07 Å². The number of methoxy groups -OCH3 is 1. The molecule has 0 saturated carbocycles. The lowest BCUT2D eigenvalue weighted by Crippen LogP contribution is -2.07. The first-order valence-corrected chi connectivity index (χ1v) is 7.76. The Morgan fingerprint density at radius 2 is 1.95 bits per heavy atom. The smallest absolute Gasteiger partial charge is 0.337 e. The van der Waals surface area contributed by atoms with Crippen LogP contribution >= 0.6 is 0 Å². The minimum Gasteiger partial charge on any atom is -0.465 e. The lowest BCUT2D eigenvalue weighted by atomic mass is 10.0. The van der Waals surface area contributed by atoms with Crippen molar-refractivity contribution in [2.45, 2.75) is 46.0 Å². The molecule has 0 heterocycles. The van der Waals surface area contributed by atoms with Crippen LogP contribution in [0.15, 0.2) is 18.2 Å². The van der Waals surface area contributed by atoms with Gasteiger partial charge in [-0.2, -0.15) is 0 Å². The average molecular weight is 292 g/mol. The Balaban J connectivity index is 2.28. The number of carbonyl (C=O) groups is 1. The fraction of sp³-hybridized carbons (Fsp3) is 0.588. The van der Waals surface area contributed by atoms with Gasteiger partial charge in [-0.05, 0) is 30.5 Å². The summed E-state index contributed by atoms with van der Waals surface area (Å²) in [6.45, 7) is 5.44. The van der Waals surface area contributed by atoms with Crippen LogP contribution in [0.3, 0.4) is 0 Å². The Bertz CT molecular complexity index is 444. The van der Waals surface area contributed by atoms with E-state index in [4.69, 9.17) is 5.73 Å². The second-order valence-electron chi connectivity index (χ2n) is 5.82. The predicted molar refractivity (Wildman–Crippen MR) is 88.6 cm³/mol. The van der Waals surface area contributed by atoms with Gasteiger partial charge < -0.3 is 15.8 Å².